The molecule has 0 radical (unpaired) electrons. The molecule has 1 amide bonds. The van der Waals surface area contributed by atoms with E-state index in [-0.39, 0.29) is 5.91 Å². The van der Waals surface area contributed by atoms with E-state index in [9.17, 15) is 4.79 Å². The Morgan fingerprint density at radius 1 is 1.10 bits per heavy atom. The van der Waals surface area contributed by atoms with Gasteiger partial charge in [0.15, 0.2) is 5.65 Å². The zero-order valence-electron chi connectivity index (χ0n) is 17.2. The summed E-state index contributed by atoms with van der Waals surface area (Å²) in [5, 5.41) is 8.34. The van der Waals surface area contributed by atoms with E-state index in [0.717, 1.165) is 40.1 Å². The summed E-state index contributed by atoms with van der Waals surface area (Å²) in [6, 6.07) is 15.9. The fourth-order valence-corrected chi connectivity index (χ4v) is 3.76. The van der Waals surface area contributed by atoms with Gasteiger partial charge in [-0.05, 0) is 50.5 Å². The average molecular weight is 419 g/mol. The van der Waals surface area contributed by atoms with Gasteiger partial charge in [0.25, 0.3) is 5.91 Å². The van der Waals surface area contributed by atoms with Crippen LogP contribution in [0.1, 0.15) is 32.9 Å². The molecule has 4 rings (SSSR count). The maximum atomic E-state index is 12.7. The molecule has 4 aromatic rings. The third kappa shape index (κ3) is 3.94. The number of fused-ring (bicyclic) bond motifs is 1. The van der Waals surface area contributed by atoms with E-state index in [4.69, 9.17) is 11.6 Å². The van der Waals surface area contributed by atoms with Gasteiger partial charge >= 0.3 is 0 Å². The van der Waals surface area contributed by atoms with Gasteiger partial charge in [0, 0.05) is 23.3 Å². The molecule has 2 aromatic heterocycles. The molecule has 0 spiro atoms. The number of benzene rings is 2. The molecule has 2 heterocycles. The van der Waals surface area contributed by atoms with Crippen LogP contribution in [0.2, 0.25) is 5.02 Å². The number of hydrogen-bond donors (Lipinski definition) is 1. The highest BCUT2D eigenvalue weighted by Crippen LogP contribution is 2.28. The first-order chi connectivity index (χ1) is 14.4. The monoisotopic (exact) mass is 418 g/mol. The molecule has 30 heavy (non-hydrogen) atoms. The number of halogens is 1. The predicted octanol–water partition coefficient (Wildman–Crippen LogP) is 4.95. The number of hydrogen-bond acceptors (Lipinski definition) is 3. The van der Waals surface area contributed by atoms with Gasteiger partial charge in [0.05, 0.1) is 17.0 Å². The highest BCUT2D eigenvalue weighted by atomic mass is 35.5. The Morgan fingerprint density at radius 3 is 2.60 bits per heavy atom. The van der Waals surface area contributed by atoms with Crippen LogP contribution in [0, 0.1) is 20.8 Å². The standard InChI is InChI=1S/C24H23ClN4O/c1-15-5-4-6-19(13-15)22-16(2)28-29-17(3)21(14-27-23(22)29)24(30)26-12-11-18-7-9-20(25)10-8-18/h4-10,13-14H,11-12H2,1-3H3,(H,26,30). The summed E-state index contributed by atoms with van der Waals surface area (Å²) in [6.07, 6.45) is 2.37. The molecule has 6 heteroatoms. The largest absolute Gasteiger partial charge is 0.352 e. The van der Waals surface area contributed by atoms with E-state index >= 15 is 0 Å². The minimum atomic E-state index is -0.152. The first-order valence-corrected chi connectivity index (χ1v) is 10.3. The van der Waals surface area contributed by atoms with Crippen molar-refractivity contribution >= 4 is 23.2 Å². The van der Waals surface area contributed by atoms with Crippen molar-refractivity contribution in [1.29, 1.82) is 0 Å². The molecule has 0 aliphatic rings. The van der Waals surface area contributed by atoms with Crippen LogP contribution in [-0.4, -0.2) is 27.0 Å². The van der Waals surface area contributed by atoms with E-state index in [0.29, 0.717) is 17.1 Å². The van der Waals surface area contributed by atoms with Gasteiger partial charge in [-0.3, -0.25) is 4.79 Å². The van der Waals surface area contributed by atoms with E-state index in [1.54, 1.807) is 10.7 Å². The SMILES string of the molecule is Cc1cccc(-c2c(C)nn3c(C)c(C(=O)NCCc4ccc(Cl)cc4)cnc23)c1. The lowest BCUT2D eigenvalue weighted by Crippen LogP contribution is -2.27. The zero-order valence-corrected chi connectivity index (χ0v) is 18.0. The number of aryl methyl sites for hydroxylation is 3. The molecule has 0 saturated carbocycles. The molecule has 0 aliphatic carbocycles. The topological polar surface area (TPSA) is 59.3 Å². The van der Waals surface area contributed by atoms with E-state index in [1.807, 2.05) is 44.2 Å². The Balaban J connectivity index is 1.57. The number of carbonyl (C=O) groups is 1. The van der Waals surface area contributed by atoms with Crippen LogP contribution >= 0.6 is 11.6 Å². The molecular weight excluding hydrogens is 396 g/mol. The lowest BCUT2D eigenvalue weighted by Gasteiger charge is -2.09. The molecule has 0 atom stereocenters. The predicted molar refractivity (Wildman–Crippen MR) is 120 cm³/mol. The van der Waals surface area contributed by atoms with E-state index < -0.39 is 0 Å². The minimum Gasteiger partial charge on any atom is -0.352 e. The highest BCUT2D eigenvalue weighted by Gasteiger charge is 2.18. The lowest BCUT2D eigenvalue weighted by molar-refractivity contribution is 0.0952. The van der Waals surface area contributed by atoms with Crippen molar-refractivity contribution in [2.45, 2.75) is 27.2 Å². The fraction of sp³-hybridized carbons (Fsp3) is 0.208. The van der Waals surface area contributed by atoms with Crippen molar-refractivity contribution in [3.05, 3.63) is 87.8 Å². The summed E-state index contributed by atoms with van der Waals surface area (Å²) >= 11 is 5.92. The van der Waals surface area contributed by atoms with Gasteiger partial charge in [-0.1, -0.05) is 53.6 Å². The number of aromatic nitrogens is 3. The van der Waals surface area contributed by atoms with Crippen molar-refractivity contribution in [2.24, 2.45) is 0 Å². The van der Waals surface area contributed by atoms with E-state index in [1.165, 1.54) is 5.56 Å². The Kier molecular flexibility index (Phi) is 5.55. The first-order valence-electron chi connectivity index (χ1n) is 9.88. The Hall–Kier alpha value is -3.18. The number of nitrogens with one attached hydrogen (secondary N) is 1. The molecule has 0 aliphatic heterocycles. The minimum absolute atomic E-state index is 0.152. The summed E-state index contributed by atoms with van der Waals surface area (Å²) in [6.45, 7) is 6.47. The maximum Gasteiger partial charge on any atom is 0.254 e. The molecule has 1 N–H and O–H groups in total. The van der Waals surface area contributed by atoms with Gasteiger partial charge < -0.3 is 5.32 Å². The van der Waals surface area contributed by atoms with Crippen molar-refractivity contribution in [3.63, 3.8) is 0 Å². The molecule has 0 unspecified atom stereocenters. The fourth-order valence-electron chi connectivity index (χ4n) is 3.63. The number of carbonyl (C=O) groups excluding carboxylic acids is 1. The first kappa shape index (κ1) is 20.1. The molecule has 5 nitrogen and oxygen atoms in total. The highest BCUT2D eigenvalue weighted by molar-refractivity contribution is 6.30. The summed E-state index contributed by atoms with van der Waals surface area (Å²) in [4.78, 5) is 17.3. The van der Waals surface area contributed by atoms with Crippen LogP contribution < -0.4 is 5.32 Å². The summed E-state index contributed by atoms with van der Waals surface area (Å²) in [7, 11) is 0. The van der Waals surface area contributed by atoms with Crippen molar-refractivity contribution in [2.75, 3.05) is 6.54 Å². The number of rotatable bonds is 5. The van der Waals surface area contributed by atoms with Crippen LogP contribution in [0.4, 0.5) is 0 Å². The van der Waals surface area contributed by atoms with Crippen molar-refractivity contribution in [3.8, 4) is 11.1 Å². The molecule has 0 saturated heterocycles. The van der Waals surface area contributed by atoms with Crippen LogP contribution in [0.3, 0.4) is 0 Å². The molecule has 0 bridgehead atoms. The number of amides is 1. The quantitative estimate of drug-likeness (QED) is 0.499. The molecular formula is C24H23ClN4O. The van der Waals surface area contributed by atoms with Gasteiger partial charge in [-0.2, -0.15) is 5.10 Å². The van der Waals surface area contributed by atoms with Crippen LogP contribution in [-0.2, 0) is 6.42 Å². The second-order valence-corrected chi connectivity index (χ2v) is 7.89. The molecule has 2 aromatic carbocycles. The average Bonchev–Trinajstić information content (AvgIpc) is 3.06. The van der Waals surface area contributed by atoms with Crippen LogP contribution in [0.5, 0.6) is 0 Å². The lowest BCUT2D eigenvalue weighted by atomic mass is 10.0. The summed E-state index contributed by atoms with van der Waals surface area (Å²) in [5.41, 5.74) is 7.31. The normalized spacial score (nSPS) is 11.1. The Morgan fingerprint density at radius 2 is 1.87 bits per heavy atom. The van der Waals surface area contributed by atoms with Crippen LogP contribution in [0.15, 0.2) is 54.7 Å². The molecule has 152 valence electrons. The van der Waals surface area contributed by atoms with E-state index in [2.05, 4.69) is 40.5 Å². The third-order valence-electron chi connectivity index (χ3n) is 5.22. The van der Waals surface area contributed by atoms with Crippen molar-refractivity contribution in [1.82, 2.24) is 19.9 Å². The second-order valence-electron chi connectivity index (χ2n) is 7.45. The maximum absolute atomic E-state index is 12.7. The molecule has 0 fully saturated rings. The Labute approximate surface area is 180 Å². The van der Waals surface area contributed by atoms with Gasteiger partial charge in [-0.15, -0.1) is 0 Å². The second kappa shape index (κ2) is 8.28. The van der Waals surface area contributed by atoms with Gasteiger partial charge in [0.2, 0.25) is 0 Å². The third-order valence-corrected chi connectivity index (χ3v) is 5.48. The number of nitrogens with zero attached hydrogens (tertiary/aromatic N) is 3. The smallest absolute Gasteiger partial charge is 0.254 e. The van der Waals surface area contributed by atoms with Gasteiger partial charge in [-0.25, -0.2) is 9.50 Å². The summed E-state index contributed by atoms with van der Waals surface area (Å²) < 4.78 is 1.76. The van der Waals surface area contributed by atoms with Crippen LogP contribution in [0.25, 0.3) is 16.8 Å². The summed E-state index contributed by atoms with van der Waals surface area (Å²) in [5.74, 6) is -0.152. The van der Waals surface area contributed by atoms with Gasteiger partial charge in [0.1, 0.15) is 0 Å². The van der Waals surface area contributed by atoms with Crippen molar-refractivity contribution < 1.29 is 4.79 Å². The Bertz CT molecular complexity index is 1230. The zero-order chi connectivity index (χ0) is 21.3.